The van der Waals surface area contributed by atoms with E-state index in [9.17, 15) is 9.59 Å². The Morgan fingerprint density at radius 3 is 2.66 bits per heavy atom. The molecule has 1 atom stereocenters. The predicted octanol–water partition coefficient (Wildman–Crippen LogP) is 5.00. The number of carbonyl (C=O) groups is 2. The van der Waals surface area contributed by atoms with Crippen LogP contribution in [-0.4, -0.2) is 45.4 Å². The Kier molecular flexibility index (Phi) is 6.45. The highest BCUT2D eigenvalue weighted by Crippen LogP contribution is 2.32. The number of fused-ring (bicyclic) bond motifs is 2. The predicted molar refractivity (Wildman–Crippen MR) is 146 cm³/mol. The van der Waals surface area contributed by atoms with Gasteiger partial charge < -0.3 is 24.7 Å². The number of piperidine rings is 1. The minimum absolute atomic E-state index is 0.0982. The number of ether oxygens (including phenoxy) is 1. The molecule has 38 heavy (non-hydrogen) atoms. The highest BCUT2D eigenvalue weighted by molar-refractivity contribution is 5.94. The lowest BCUT2D eigenvalue weighted by atomic mass is 9.89. The lowest BCUT2D eigenvalue weighted by Crippen LogP contribution is -2.37. The summed E-state index contributed by atoms with van der Waals surface area (Å²) < 4.78 is 7.69. The molecule has 4 aromatic rings. The SMILES string of the molecule is CC1Cc2cc(C(=O)N3CCC(c4ccc(NC(=O)NCc5ccn6ccnc6c5)cc4)CC3)ccc2O1. The molecule has 4 heterocycles. The van der Waals surface area contributed by atoms with Gasteiger partial charge in [-0.2, -0.15) is 0 Å². The van der Waals surface area contributed by atoms with Crippen LogP contribution in [0.3, 0.4) is 0 Å². The number of pyridine rings is 1. The van der Waals surface area contributed by atoms with Crippen molar-refractivity contribution in [3.8, 4) is 5.75 Å². The number of rotatable bonds is 5. The molecule has 194 valence electrons. The van der Waals surface area contributed by atoms with Crippen molar-refractivity contribution >= 4 is 23.3 Å². The molecule has 2 aromatic heterocycles. The summed E-state index contributed by atoms with van der Waals surface area (Å²) in [6.07, 6.45) is 8.43. The minimum atomic E-state index is -0.250. The van der Waals surface area contributed by atoms with E-state index in [0.717, 1.165) is 66.1 Å². The van der Waals surface area contributed by atoms with Gasteiger partial charge in [0.2, 0.25) is 0 Å². The Morgan fingerprint density at radius 2 is 1.84 bits per heavy atom. The van der Waals surface area contributed by atoms with Gasteiger partial charge >= 0.3 is 6.03 Å². The van der Waals surface area contributed by atoms with Crippen LogP contribution in [0.4, 0.5) is 10.5 Å². The number of carbonyl (C=O) groups excluding carboxylic acids is 2. The summed E-state index contributed by atoms with van der Waals surface area (Å²) in [5.41, 5.74) is 5.69. The largest absolute Gasteiger partial charge is 0.490 e. The highest BCUT2D eigenvalue weighted by Gasteiger charge is 2.26. The molecule has 2 aliphatic heterocycles. The monoisotopic (exact) mass is 509 g/mol. The number of nitrogens with zero attached hydrogens (tertiary/aromatic N) is 3. The lowest BCUT2D eigenvalue weighted by molar-refractivity contribution is 0.0713. The van der Waals surface area contributed by atoms with Crippen LogP contribution in [0.15, 0.2) is 73.2 Å². The second kappa shape index (κ2) is 10.2. The molecule has 3 amide bonds. The molecule has 1 fully saturated rings. The van der Waals surface area contributed by atoms with E-state index >= 15 is 0 Å². The number of likely N-dealkylation sites (tertiary alicyclic amines) is 1. The number of amides is 3. The van der Waals surface area contributed by atoms with Gasteiger partial charge in [-0.25, -0.2) is 9.78 Å². The molecule has 2 aliphatic rings. The van der Waals surface area contributed by atoms with Crippen LogP contribution in [0.25, 0.3) is 5.65 Å². The first-order valence-corrected chi connectivity index (χ1v) is 13.2. The van der Waals surface area contributed by atoms with E-state index in [4.69, 9.17) is 4.74 Å². The minimum Gasteiger partial charge on any atom is -0.490 e. The number of aromatic nitrogens is 2. The van der Waals surface area contributed by atoms with Crippen LogP contribution < -0.4 is 15.4 Å². The topological polar surface area (TPSA) is 88.0 Å². The summed E-state index contributed by atoms with van der Waals surface area (Å²) in [4.78, 5) is 31.7. The van der Waals surface area contributed by atoms with Crippen LogP contribution in [0.2, 0.25) is 0 Å². The van der Waals surface area contributed by atoms with E-state index in [2.05, 4.69) is 34.7 Å². The normalized spacial score (nSPS) is 17.2. The average molecular weight is 510 g/mol. The van der Waals surface area contributed by atoms with Crippen LogP contribution >= 0.6 is 0 Å². The van der Waals surface area contributed by atoms with Gasteiger partial charge in [0, 0.05) is 55.9 Å². The molecule has 0 aliphatic carbocycles. The number of nitrogens with one attached hydrogen (secondary N) is 2. The Morgan fingerprint density at radius 1 is 1.03 bits per heavy atom. The molecule has 0 saturated carbocycles. The van der Waals surface area contributed by atoms with Gasteiger partial charge in [-0.3, -0.25) is 4.79 Å². The summed E-state index contributed by atoms with van der Waals surface area (Å²) in [6.45, 7) is 3.94. The van der Waals surface area contributed by atoms with Crippen molar-refractivity contribution in [1.82, 2.24) is 19.6 Å². The zero-order chi connectivity index (χ0) is 26.1. The summed E-state index contributed by atoms with van der Waals surface area (Å²) in [7, 11) is 0. The number of benzene rings is 2. The first kappa shape index (κ1) is 24.0. The third-order valence-corrected chi connectivity index (χ3v) is 7.48. The summed E-state index contributed by atoms with van der Waals surface area (Å²) in [6, 6.07) is 17.5. The summed E-state index contributed by atoms with van der Waals surface area (Å²) in [5.74, 6) is 1.39. The quantitative estimate of drug-likeness (QED) is 0.396. The van der Waals surface area contributed by atoms with Crippen molar-refractivity contribution in [3.05, 3.63) is 95.4 Å². The van der Waals surface area contributed by atoms with Gasteiger partial charge in [0.05, 0.1) is 0 Å². The molecule has 2 N–H and O–H groups in total. The van der Waals surface area contributed by atoms with E-state index in [1.807, 2.05) is 64.2 Å². The standard InChI is InChI=1S/C30H31N5O3/c1-20-16-25-18-24(4-7-27(25)38-20)29(36)35-13-9-23(10-14-35)22-2-5-26(6-3-22)33-30(37)32-19-21-8-12-34-15-11-31-28(34)17-21/h2-8,11-12,15,17-18,20,23H,9-10,13-14,16,19H2,1H3,(H2,32,33,37). The third-order valence-electron chi connectivity index (χ3n) is 7.48. The zero-order valence-electron chi connectivity index (χ0n) is 21.4. The molecule has 6 rings (SSSR count). The molecular weight excluding hydrogens is 478 g/mol. The fourth-order valence-corrected chi connectivity index (χ4v) is 5.41. The smallest absolute Gasteiger partial charge is 0.319 e. The molecule has 8 heteroatoms. The van der Waals surface area contributed by atoms with Crippen molar-refractivity contribution in [1.29, 1.82) is 0 Å². The Balaban J connectivity index is 0.988. The number of imidazole rings is 1. The molecule has 0 bridgehead atoms. The van der Waals surface area contributed by atoms with Gasteiger partial charge in [0.25, 0.3) is 5.91 Å². The van der Waals surface area contributed by atoms with Crippen molar-refractivity contribution in [2.75, 3.05) is 18.4 Å². The van der Waals surface area contributed by atoms with E-state index < -0.39 is 0 Å². The molecular formula is C30H31N5O3. The maximum absolute atomic E-state index is 13.1. The van der Waals surface area contributed by atoms with Crippen LogP contribution in [0.1, 0.15) is 52.7 Å². The van der Waals surface area contributed by atoms with E-state index in [1.165, 1.54) is 5.56 Å². The maximum atomic E-state index is 13.1. The first-order chi connectivity index (χ1) is 18.5. The Labute approximate surface area is 221 Å². The Bertz CT molecular complexity index is 1470. The zero-order valence-corrected chi connectivity index (χ0v) is 21.4. The van der Waals surface area contributed by atoms with Gasteiger partial charge in [-0.05, 0) is 84.8 Å². The number of urea groups is 1. The summed E-state index contributed by atoms with van der Waals surface area (Å²) in [5, 5.41) is 5.80. The second-order valence-corrected chi connectivity index (χ2v) is 10.2. The Hall–Kier alpha value is -4.33. The molecule has 1 unspecified atom stereocenters. The molecule has 0 radical (unpaired) electrons. The van der Waals surface area contributed by atoms with E-state index in [-0.39, 0.29) is 18.0 Å². The highest BCUT2D eigenvalue weighted by atomic mass is 16.5. The number of hydrogen-bond acceptors (Lipinski definition) is 4. The molecule has 8 nitrogen and oxygen atoms in total. The van der Waals surface area contributed by atoms with Gasteiger partial charge in [-0.1, -0.05) is 12.1 Å². The van der Waals surface area contributed by atoms with Gasteiger partial charge in [0.1, 0.15) is 17.5 Å². The van der Waals surface area contributed by atoms with E-state index in [0.29, 0.717) is 12.5 Å². The van der Waals surface area contributed by atoms with Gasteiger partial charge in [-0.15, -0.1) is 0 Å². The van der Waals surface area contributed by atoms with Crippen molar-refractivity contribution < 1.29 is 14.3 Å². The number of hydrogen-bond donors (Lipinski definition) is 2. The van der Waals surface area contributed by atoms with Crippen LogP contribution in [0.5, 0.6) is 5.75 Å². The first-order valence-electron chi connectivity index (χ1n) is 13.2. The van der Waals surface area contributed by atoms with Crippen LogP contribution in [0, 0.1) is 0 Å². The van der Waals surface area contributed by atoms with Crippen molar-refractivity contribution in [2.45, 2.75) is 44.8 Å². The van der Waals surface area contributed by atoms with Crippen LogP contribution in [-0.2, 0) is 13.0 Å². The van der Waals surface area contributed by atoms with Crippen molar-refractivity contribution in [2.24, 2.45) is 0 Å². The lowest BCUT2D eigenvalue weighted by Gasteiger charge is -2.32. The van der Waals surface area contributed by atoms with Gasteiger partial charge in [0.15, 0.2) is 0 Å². The second-order valence-electron chi connectivity index (χ2n) is 10.2. The third kappa shape index (κ3) is 5.07. The summed E-state index contributed by atoms with van der Waals surface area (Å²) >= 11 is 0. The fraction of sp³-hybridized carbons (Fsp3) is 0.300. The van der Waals surface area contributed by atoms with E-state index in [1.54, 1.807) is 6.20 Å². The van der Waals surface area contributed by atoms with Crippen molar-refractivity contribution in [3.63, 3.8) is 0 Å². The molecule has 2 aromatic carbocycles. The molecule has 0 spiro atoms. The average Bonchev–Trinajstić information content (AvgIpc) is 3.56. The molecule has 1 saturated heterocycles. The number of anilines is 1. The maximum Gasteiger partial charge on any atom is 0.319 e. The fourth-order valence-electron chi connectivity index (χ4n) is 5.41.